The lowest BCUT2D eigenvalue weighted by molar-refractivity contribution is -0.207. The predicted molar refractivity (Wildman–Crippen MR) is 91.9 cm³/mol. The van der Waals surface area contributed by atoms with Crippen molar-refractivity contribution in [2.75, 3.05) is 19.7 Å². The molecule has 2 fully saturated rings. The molecule has 134 valence electrons. The summed E-state index contributed by atoms with van der Waals surface area (Å²) in [5.74, 6) is -0.547. The molecular weight excluding hydrogens is 323 g/mol. The van der Waals surface area contributed by atoms with Gasteiger partial charge >= 0.3 is 0 Å². The van der Waals surface area contributed by atoms with Gasteiger partial charge in [0.2, 0.25) is 0 Å². The summed E-state index contributed by atoms with van der Waals surface area (Å²) < 4.78 is 19.9. The van der Waals surface area contributed by atoms with Gasteiger partial charge in [0.25, 0.3) is 5.91 Å². The SMILES string of the molecule is CCOC1CC(O)C12CCN(C(=O)c1c[nH]c3cccc(F)c13)CC2. The van der Waals surface area contributed by atoms with Crippen LogP contribution in [0.15, 0.2) is 24.4 Å². The van der Waals surface area contributed by atoms with E-state index in [1.54, 1.807) is 23.2 Å². The fraction of sp³-hybridized carbons (Fsp3) is 0.526. The number of ether oxygens (including phenoxy) is 1. The Kier molecular flexibility index (Phi) is 4.04. The van der Waals surface area contributed by atoms with Crippen molar-refractivity contribution >= 4 is 16.8 Å². The topological polar surface area (TPSA) is 65.6 Å². The van der Waals surface area contributed by atoms with Gasteiger partial charge in [0.15, 0.2) is 0 Å². The molecule has 2 N–H and O–H groups in total. The molecule has 2 aliphatic rings. The Morgan fingerprint density at radius 1 is 1.44 bits per heavy atom. The first-order valence-corrected chi connectivity index (χ1v) is 8.91. The molecule has 2 atom stereocenters. The van der Waals surface area contributed by atoms with E-state index in [2.05, 4.69) is 4.98 Å². The van der Waals surface area contributed by atoms with Crippen molar-refractivity contribution in [1.82, 2.24) is 9.88 Å². The van der Waals surface area contributed by atoms with Crippen LogP contribution in [0.2, 0.25) is 0 Å². The number of amides is 1. The zero-order valence-electron chi connectivity index (χ0n) is 14.3. The number of aliphatic hydroxyl groups excluding tert-OH is 1. The highest BCUT2D eigenvalue weighted by Gasteiger charge is 2.56. The van der Waals surface area contributed by atoms with Gasteiger partial charge in [0.05, 0.1) is 17.8 Å². The lowest BCUT2D eigenvalue weighted by atomic mass is 9.58. The van der Waals surface area contributed by atoms with Gasteiger partial charge in [-0.3, -0.25) is 4.79 Å². The van der Waals surface area contributed by atoms with E-state index in [1.165, 1.54) is 6.07 Å². The highest BCUT2D eigenvalue weighted by atomic mass is 19.1. The Hall–Kier alpha value is -1.92. The molecule has 1 saturated carbocycles. The van der Waals surface area contributed by atoms with Crippen LogP contribution in [-0.4, -0.2) is 52.8 Å². The lowest BCUT2D eigenvalue weighted by Crippen LogP contribution is -2.62. The molecule has 1 aromatic carbocycles. The highest BCUT2D eigenvalue weighted by molar-refractivity contribution is 6.06. The number of hydrogen-bond donors (Lipinski definition) is 2. The van der Waals surface area contributed by atoms with Crippen LogP contribution in [0.25, 0.3) is 10.9 Å². The van der Waals surface area contributed by atoms with E-state index >= 15 is 0 Å². The van der Waals surface area contributed by atoms with Crippen LogP contribution in [0, 0.1) is 11.2 Å². The zero-order valence-corrected chi connectivity index (χ0v) is 14.3. The van der Waals surface area contributed by atoms with E-state index in [1.807, 2.05) is 6.92 Å². The van der Waals surface area contributed by atoms with E-state index in [9.17, 15) is 14.3 Å². The third-order valence-electron chi connectivity index (χ3n) is 5.98. The maximum atomic E-state index is 14.1. The van der Waals surface area contributed by atoms with Crippen molar-refractivity contribution in [3.63, 3.8) is 0 Å². The first-order chi connectivity index (χ1) is 12.1. The molecule has 0 bridgehead atoms. The predicted octanol–water partition coefficient (Wildman–Crippen LogP) is 2.70. The van der Waals surface area contributed by atoms with Gasteiger partial charge in [-0.05, 0) is 31.9 Å². The van der Waals surface area contributed by atoms with Crippen molar-refractivity contribution in [1.29, 1.82) is 0 Å². The molecule has 2 aromatic rings. The van der Waals surface area contributed by atoms with Crippen LogP contribution in [0.5, 0.6) is 0 Å². The molecule has 1 aromatic heterocycles. The molecule has 1 saturated heterocycles. The van der Waals surface area contributed by atoms with Crippen LogP contribution in [0.4, 0.5) is 4.39 Å². The Morgan fingerprint density at radius 2 is 2.20 bits per heavy atom. The second kappa shape index (κ2) is 6.11. The number of H-pyrrole nitrogens is 1. The average Bonchev–Trinajstić information content (AvgIpc) is 3.07. The third kappa shape index (κ3) is 2.47. The average molecular weight is 346 g/mol. The normalized spacial score (nSPS) is 25.3. The van der Waals surface area contributed by atoms with Crippen LogP contribution >= 0.6 is 0 Å². The second-order valence-electron chi connectivity index (χ2n) is 7.09. The molecule has 1 aliphatic heterocycles. The quantitative estimate of drug-likeness (QED) is 0.898. The number of aliphatic hydroxyl groups is 1. The summed E-state index contributed by atoms with van der Waals surface area (Å²) in [5.41, 5.74) is 0.778. The van der Waals surface area contributed by atoms with Gasteiger partial charge in [-0.2, -0.15) is 0 Å². The second-order valence-corrected chi connectivity index (χ2v) is 7.09. The van der Waals surface area contributed by atoms with Crippen LogP contribution < -0.4 is 0 Å². The minimum atomic E-state index is -0.388. The molecule has 1 amide bonds. The lowest BCUT2D eigenvalue weighted by Gasteiger charge is -2.56. The van der Waals surface area contributed by atoms with E-state index in [-0.39, 0.29) is 29.3 Å². The van der Waals surface area contributed by atoms with E-state index in [0.29, 0.717) is 42.6 Å². The molecule has 1 aliphatic carbocycles. The van der Waals surface area contributed by atoms with Gasteiger partial charge < -0.3 is 19.7 Å². The maximum Gasteiger partial charge on any atom is 0.256 e. The number of fused-ring (bicyclic) bond motifs is 1. The van der Waals surface area contributed by atoms with Crippen LogP contribution in [0.3, 0.4) is 0 Å². The summed E-state index contributed by atoms with van der Waals surface area (Å²) in [5, 5.41) is 10.6. The molecule has 4 rings (SSSR count). The van der Waals surface area contributed by atoms with Crippen LogP contribution in [-0.2, 0) is 4.74 Å². The van der Waals surface area contributed by atoms with Gasteiger partial charge in [0.1, 0.15) is 5.82 Å². The fourth-order valence-electron chi connectivity index (χ4n) is 4.42. The first-order valence-electron chi connectivity index (χ1n) is 8.91. The Bertz CT molecular complexity index is 793. The van der Waals surface area contributed by atoms with Crippen molar-refractivity contribution in [2.24, 2.45) is 5.41 Å². The highest BCUT2D eigenvalue weighted by Crippen LogP contribution is 2.51. The summed E-state index contributed by atoms with van der Waals surface area (Å²) in [6, 6.07) is 4.76. The largest absolute Gasteiger partial charge is 0.392 e. The van der Waals surface area contributed by atoms with E-state index in [4.69, 9.17) is 4.74 Å². The molecule has 6 heteroatoms. The summed E-state index contributed by atoms with van der Waals surface area (Å²) in [7, 11) is 0. The molecule has 25 heavy (non-hydrogen) atoms. The van der Waals surface area contributed by atoms with Gasteiger partial charge in [-0.15, -0.1) is 0 Å². The number of benzene rings is 1. The zero-order chi connectivity index (χ0) is 17.6. The number of likely N-dealkylation sites (tertiary alicyclic amines) is 1. The van der Waals surface area contributed by atoms with E-state index < -0.39 is 0 Å². The molecular formula is C19H23FN2O3. The molecule has 5 nitrogen and oxygen atoms in total. The van der Waals surface area contributed by atoms with E-state index in [0.717, 1.165) is 12.8 Å². The summed E-state index contributed by atoms with van der Waals surface area (Å²) in [6.07, 6.45) is 3.42. The number of nitrogens with one attached hydrogen (secondary N) is 1. The number of aromatic amines is 1. The Morgan fingerprint density at radius 3 is 2.88 bits per heavy atom. The minimum Gasteiger partial charge on any atom is -0.392 e. The number of carbonyl (C=O) groups is 1. The third-order valence-corrected chi connectivity index (χ3v) is 5.98. The molecule has 1 spiro atoms. The number of hydrogen-bond acceptors (Lipinski definition) is 3. The summed E-state index contributed by atoms with van der Waals surface area (Å²) >= 11 is 0. The fourth-order valence-corrected chi connectivity index (χ4v) is 4.42. The summed E-state index contributed by atoms with van der Waals surface area (Å²) in [4.78, 5) is 17.6. The molecule has 2 unspecified atom stereocenters. The Balaban J connectivity index is 1.52. The van der Waals surface area contributed by atoms with Gasteiger partial charge in [-0.25, -0.2) is 4.39 Å². The van der Waals surface area contributed by atoms with Crippen molar-refractivity contribution in [2.45, 2.75) is 38.4 Å². The monoisotopic (exact) mass is 346 g/mol. The number of nitrogens with zero attached hydrogens (tertiary/aromatic N) is 1. The molecule has 2 heterocycles. The number of carbonyl (C=O) groups excluding carboxylic acids is 1. The van der Waals surface area contributed by atoms with Gasteiger partial charge in [0, 0.05) is 48.6 Å². The number of aromatic nitrogens is 1. The van der Waals surface area contributed by atoms with Crippen molar-refractivity contribution in [3.05, 3.63) is 35.8 Å². The molecule has 0 radical (unpaired) electrons. The van der Waals surface area contributed by atoms with Crippen molar-refractivity contribution < 1.29 is 19.0 Å². The standard InChI is InChI=1S/C19H23FN2O3/c1-2-25-16-10-15(23)19(16)6-8-22(9-7-19)18(24)12-11-21-14-5-3-4-13(20)17(12)14/h3-5,11,15-16,21,23H,2,6-10H2,1H3. The first kappa shape index (κ1) is 16.5. The van der Waals surface area contributed by atoms with Gasteiger partial charge in [-0.1, -0.05) is 6.07 Å². The minimum absolute atomic E-state index is 0.0790. The smallest absolute Gasteiger partial charge is 0.256 e. The van der Waals surface area contributed by atoms with Crippen LogP contribution in [0.1, 0.15) is 36.5 Å². The van der Waals surface area contributed by atoms with Crippen molar-refractivity contribution in [3.8, 4) is 0 Å². The number of piperidine rings is 1. The number of rotatable bonds is 3. The Labute approximate surface area is 145 Å². The maximum absolute atomic E-state index is 14.1. The number of halogens is 1. The summed E-state index contributed by atoms with van der Waals surface area (Å²) in [6.45, 7) is 3.71.